The van der Waals surface area contributed by atoms with Crippen LogP contribution < -0.4 is 0 Å². The fourth-order valence-corrected chi connectivity index (χ4v) is 1.64. The average molecular weight is 216 g/mol. The lowest BCUT2D eigenvalue weighted by atomic mass is 10.1. The number of hydrogen-bond acceptors (Lipinski definition) is 4. The van der Waals surface area contributed by atoms with E-state index < -0.39 is 6.10 Å². The molecule has 16 heavy (non-hydrogen) atoms. The van der Waals surface area contributed by atoms with E-state index >= 15 is 0 Å². The molecule has 1 fully saturated rings. The third-order valence-corrected chi connectivity index (χ3v) is 2.75. The predicted molar refractivity (Wildman–Crippen MR) is 56.8 cm³/mol. The summed E-state index contributed by atoms with van der Waals surface area (Å²) < 4.78 is 5.07. The quantitative estimate of drug-likeness (QED) is 0.852. The molecule has 0 aliphatic heterocycles. The molecule has 0 spiro atoms. The fraction of sp³-hybridized carbons (Fsp3) is 0.333. The van der Waals surface area contributed by atoms with Crippen LogP contribution in [-0.2, 0) is 0 Å². The minimum atomic E-state index is -0.818. The summed E-state index contributed by atoms with van der Waals surface area (Å²) in [5.41, 5.74) is 0.772. The van der Waals surface area contributed by atoms with E-state index in [1.165, 1.54) is 0 Å². The Morgan fingerprint density at radius 1 is 1.25 bits per heavy atom. The molecule has 1 N–H and O–H groups in total. The second kappa shape index (κ2) is 3.72. The van der Waals surface area contributed by atoms with Crippen LogP contribution in [0.2, 0.25) is 0 Å². The van der Waals surface area contributed by atoms with E-state index in [9.17, 15) is 5.11 Å². The van der Waals surface area contributed by atoms with Crippen LogP contribution in [0.3, 0.4) is 0 Å². The molecule has 1 aliphatic rings. The summed E-state index contributed by atoms with van der Waals surface area (Å²) in [7, 11) is 0. The van der Waals surface area contributed by atoms with Crippen LogP contribution in [0.4, 0.5) is 0 Å². The molecule has 1 heterocycles. The minimum absolute atomic E-state index is 0.285. The first-order valence-corrected chi connectivity index (χ1v) is 5.41. The summed E-state index contributed by atoms with van der Waals surface area (Å²) in [4.78, 5) is 4.22. The molecular formula is C12H12N2O2. The van der Waals surface area contributed by atoms with Gasteiger partial charge in [-0.1, -0.05) is 35.5 Å². The van der Waals surface area contributed by atoms with Crippen molar-refractivity contribution >= 4 is 0 Å². The highest BCUT2D eigenvalue weighted by Crippen LogP contribution is 2.38. The van der Waals surface area contributed by atoms with Crippen LogP contribution in [-0.4, -0.2) is 15.2 Å². The second-order valence-electron chi connectivity index (χ2n) is 4.08. The van der Waals surface area contributed by atoms with E-state index in [1.807, 2.05) is 30.3 Å². The first-order valence-electron chi connectivity index (χ1n) is 5.41. The van der Waals surface area contributed by atoms with Crippen molar-refractivity contribution in [3.8, 4) is 0 Å². The van der Waals surface area contributed by atoms with Gasteiger partial charge in [0.2, 0.25) is 0 Å². The van der Waals surface area contributed by atoms with Crippen LogP contribution in [0.25, 0.3) is 0 Å². The van der Waals surface area contributed by atoms with Crippen molar-refractivity contribution in [2.24, 2.45) is 0 Å². The molecule has 0 radical (unpaired) electrons. The van der Waals surface area contributed by atoms with Crippen LogP contribution in [0.5, 0.6) is 0 Å². The molecule has 1 aliphatic carbocycles. The predicted octanol–water partition coefficient (Wildman–Crippen LogP) is 2.03. The molecule has 0 saturated heterocycles. The largest absolute Gasteiger partial charge is 0.378 e. The van der Waals surface area contributed by atoms with Crippen LogP contribution >= 0.6 is 0 Å². The minimum Gasteiger partial charge on any atom is -0.378 e. The Morgan fingerprint density at radius 3 is 2.69 bits per heavy atom. The monoisotopic (exact) mass is 216 g/mol. The number of aromatic nitrogens is 2. The molecular weight excluding hydrogens is 204 g/mol. The average Bonchev–Trinajstić information content (AvgIpc) is 3.08. The second-order valence-corrected chi connectivity index (χ2v) is 4.08. The van der Waals surface area contributed by atoms with Gasteiger partial charge in [-0.2, -0.15) is 4.98 Å². The molecule has 1 aromatic carbocycles. The van der Waals surface area contributed by atoms with Crippen LogP contribution in [0.15, 0.2) is 34.9 Å². The Bertz CT molecular complexity index is 477. The highest BCUT2D eigenvalue weighted by molar-refractivity contribution is 5.21. The molecule has 1 saturated carbocycles. The Morgan fingerprint density at radius 2 is 2.00 bits per heavy atom. The zero-order valence-electron chi connectivity index (χ0n) is 8.71. The van der Waals surface area contributed by atoms with Gasteiger partial charge in [-0.05, 0) is 18.4 Å². The van der Waals surface area contributed by atoms with E-state index in [2.05, 4.69) is 10.1 Å². The summed E-state index contributed by atoms with van der Waals surface area (Å²) in [6.45, 7) is 0. The van der Waals surface area contributed by atoms with Crippen molar-refractivity contribution < 1.29 is 9.63 Å². The lowest BCUT2D eigenvalue weighted by Crippen LogP contribution is -1.99. The molecule has 0 amide bonds. The van der Waals surface area contributed by atoms with E-state index in [4.69, 9.17) is 4.52 Å². The molecule has 2 aromatic rings. The van der Waals surface area contributed by atoms with Crippen molar-refractivity contribution in [2.45, 2.75) is 24.9 Å². The van der Waals surface area contributed by atoms with Crippen molar-refractivity contribution in [1.82, 2.24) is 10.1 Å². The van der Waals surface area contributed by atoms with Crippen molar-refractivity contribution in [2.75, 3.05) is 0 Å². The normalized spacial score (nSPS) is 17.3. The molecule has 1 unspecified atom stereocenters. The number of aliphatic hydroxyl groups is 1. The van der Waals surface area contributed by atoms with E-state index in [-0.39, 0.29) is 5.89 Å². The third kappa shape index (κ3) is 1.72. The maximum atomic E-state index is 10.0. The van der Waals surface area contributed by atoms with Crippen LogP contribution in [0, 0.1) is 0 Å². The Kier molecular flexibility index (Phi) is 2.22. The molecule has 4 nitrogen and oxygen atoms in total. The van der Waals surface area contributed by atoms with E-state index in [0.717, 1.165) is 24.2 Å². The summed E-state index contributed by atoms with van der Waals surface area (Å²) in [5, 5.41) is 13.9. The van der Waals surface area contributed by atoms with Crippen molar-refractivity contribution in [1.29, 1.82) is 0 Å². The Balaban J connectivity index is 1.85. The maximum Gasteiger partial charge on any atom is 0.260 e. The number of hydrogen-bond donors (Lipinski definition) is 1. The summed E-state index contributed by atoms with van der Waals surface area (Å²) in [6.07, 6.45) is 1.43. The summed E-state index contributed by atoms with van der Waals surface area (Å²) >= 11 is 0. The number of benzene rings is 1. The van der Waals surface area contributed by atoms with E-state index in [0.29, 0.717) is 5.92 Å². The maximum absolute atomic E-state index is 10.0. The first kappa shape index (κ1) is 9.54. The number of nitrogens with zero attached hydrogens (tertiary/aromatic N) is 2. The van der Waals surface area contributed by atoms with Gasteiger partial charge in [0, 0.05) is 5.92 Å². The Hall–Kier alpha value is -1.68. The topological polar surface area (TPSA) is 59.2 Å². The summed E-state index contributed by atoms with van der Waals surface area (Å²) in [5.74, 6) is 1.46. The highest BCUT2D eigenvalue weighted by atomic mass is 16.5. The number of aliphatic hydroxyl groups excluding tert-OH is 1. The molecule has 1 aromatic heterocycles. The smallest absolute Gasteiger partial charge is 0.260 e. The van der Waals surface area contributed by atoms with Gasteiger partial charge in [-0.25, -0.2) is 0 Å². The standard InChI is InChI=1S/C12H12N2O2/c15-10(8-4-2-1-3-5-8)12-13-11(14-16-12)9-6-7-9/h1-5,9-10,15H,6-7H2. The van der Waals surface area contributed by atoms with Gasteiger partial charge in [0.25, 0.3) is 5.89 Å². The zero-order valence-corrected chi connectivity index (χ0v) is 8.71. The SMILES string of the molecule is OC(c1ccccc1)c1nc(C2CC2)no1. The highest BCUT2D eigenvalue weighted by Gasteiger charge is 2.30. The number of rotatable bonds is 3. The van der Waals surface area contributed by atoms with Crippen molar-refractivity contribution in [3.63, 3.8) is 0 Å². The Labute approximate surface area is 92.9 Å². The molecule has 4 heteroatoms. The summed E-state index contributed by atoms with van der Waals surface area (Å²) in [6, 6.07) is 9.32. The van der Waals surface area contributed by atoms with Gasteiger partial charge in [-0.3, -0.25) is 0 Å². The molecule has 3 rings (SSSR count). The van der Waals surface area contributed by atoms with Gasteiger partial charge in [-0.15, -0.1) is 0 Å². The van der Waals surface area contributed by atoms with Gasteiger partial charge in [0.1, 0.15) is 0 Å². The van der Waals surface area contributed by atoms with Gasteiger partial charge in [0.15, 0.2) is 11.9 Å². The molecule has 0 bridgehead atoms. The van der Waals surface area contributed by atoms with Gasteiger partial charge in [0.05, 0.1) is 0 Å². The third-order valence-electron chi connectivity index (χ3n) is 2.75. The first-order chi connectivity index (χ1) is 7.84. The van der Waals surface area contributed by atoms with Crippen LogP contribution in [0.1, 0.15) is 42.1 Å². The molecule has 1 atom stereocenters. The fourth-order valence-electron chi connectivity index (χ4n) is 1.64. The lowest BCUT2D eigenvalue weighted by Gasteiger charge is -2.04. The van der Waals surface area contributed by atoms with E-state index in [1.54, 1.807) is 0 Å². The van der Waals surface area contributed by atoms with Crippen molar-refractivity contribution in [3.05, 3.63) is 47.6 Å². The molecule has 82 valence electrons. The lowest BCUT2D eigenvalue weighted by molar-refractivity contribution is 0.170. The zero-order chi connectivity index (χ0) is 11.0. The van der Waals surface area contributed by atoms with Gasteiger partial charge >= 0.3 is 0 Å². The van der Waals surface area contributed by atoms with Gasteiger partial charge < -0.3 is 9.63 Å².